The molecule has 0 aliphatic carbocycles. The zero-order chi connectivity index (χ0) is 16.2. The molecule has 7 heteroatoms. The molecule has 1 aromatic carbocycles. The van der Waals surface area contributed by atoms with Crippen LogP contribution in [0.15, 0.2) is 23.1 Å². The van der Waals surface area contributed by atoms with Gasteiger partial charge in [-0.3, -0.25) is 4.79 Å². The summed E-state index contributed by atoms with van der Waals surface area (Å²) >= 11 is 0. The molecule has 0 saturated carbocycles. The number of carbonyl (C=O) groups excluding carboxylic acids is 1. The second kappa shape index (κ2) is 6.81. The van der Waals surface area contributed by atoms with Gasteiger partial charge < -0.3 is 10.5 Å². The van der Waals surface area contributed by atoms with Crippen molar-refractivity contribution in [3.05, 3.63) is 23.8 Å². The Morgan fingerprint density at radius 3 is 2.64 bits per heavy atom. The normalized spacial score (nSPS) is 15.1. The predicted octanol–water partition coefficient (Wildman–Crippen LogP) is 0.972. The van der Waals surface area contributed by atoms with Crippen molar-refractivity contribution in [2.45, 2.75) is 24.7 Å². The maximum Gasteiger partial charge on any atom is 0.252 e. The maximum atomic E-state index is 12.5. The smallest absolute Gasteiger partial charge is 0.252 e. The van der Waals surface area contributed by atoms with Crippen LogP contribution in [0.2, 0.25) is 0 Å². The summed E-state index contributed by atoms with van der Waals surface area (Å²) in [6.07, 6.45) is 1.69. The Labute approximate surface area is 130 Å². The van der Waals surface area contributed by atoms with Crippen molar-refractivity contribution in [3.63, 3.8) is 0 Å². The Hall–Kier alpha value is -2.04. The molecule has 1 fully saturated rings. The Morgan fingerprint density at radius 2 is 2.05 bits per heavy atom. The highest BCUT2D eigenvalue weighted by atomic mass is 32.2. The van der Waals surface area contributed by atoms with Gasteiger partial charge in [0.2, 0.25) is 10.0 Å². The molecule has 0 atom stereocenters. The van der Waals surface area contributed by atoms with E-state index in [4.69, 9.17) is 10.5 Å². The fraction of sp³-hybridized carbons (Fsp3) is 0.400. The lowest BCUT2D eigenvalue weighted by atomic mass is 10.2. The topological polar surface area (TPSA) is 89.7 Å². The minimum absolute atomic E-state index is 0.0400. The zero-order valence-electron chi connectivity index (χ0n) is 12.3. The second-order valence-corrected chi connectivity index (χ2v) is 6.79. The van der Waals surface area contributed by atoms with Gasteiger partial charge in [0.05, 0.1) is 10.5 Å². The lowest BCUT2D eigenvalue weighted by molar-refractivity contribution is 0.0996. The van der Waals surface area contributed by atoms with Crippen molar-refractivity contribution in [1.29, 1.82) is 0 Å². The number of primary amides is 1. The lowest BCUT2D eigenvalue weighted by Gasteiger charge is -2.16. The van der Waals surface area contributed by atoms with Crippen LogP contribution in [0.3, 0.4) is 0 Å². The van der Waals surface area contributed by atoms with Crippen LogP contribution in [-0.2, 0) is 10.0 Å². The third-order valence-electron chi connectivity index (χ3n) is 3.40. The average molecular weight is 322 g/mol. The van der Waals surface area contributed by atoms with E-state index in [1.165, 1.54) is 22.5 Å². The number of ether oxygens (including phenoxy) is 1. The summed E-state index contributed by atoms with van der Waals surface area (Å²) in [5.74, 6) is 4.86. The number of hydrogen-bond donors (Lipinski definition) is 1. The molecule has 6 nitrogen and oxygen atoms in total. The molecule has 1 saturated heterocycles. The lowest BCUT2D eigenvalue weighted by Crippen LogP contribution is -2.28. The van der Waals surface area contributed by atoms with Gasteiger partial charge in [0.1, 0.15) is 12.4 Å². The summed E-state index contributed by atoms with van der Waals surface area (Å²) in [4.78, 5) is 11.6. The molecule has 0 unspecified atom stereocenters. The monoisotopic (exact) mass is 322 g/mol. The van der Waals surface area contributed by atoms with Gasteiger partial charge in [-0.05, 0) is 38.0 Å². The van der Waals surface area contributed by atoms with Crippen molar-refractivity contribution in [1.82, 2.24) is 4.31 Å². The van der Waals surface area contributed by atoms with Gasteiger partial charge in [0.15, 0.2) is 0 Å². The number of carbonyl (C=O) groups is 1. The largest absolute Gasteiger partial charge is 0.480 e. The molecule has 1 aromatic rings. The molecule has 1 amide bonds. The number of nitrogens with zero attached hydrogens (tertiary/aromatic N) is 1. The van der Waals surface area contributed by atoms with Gasteiger partial charge in [-0.1, -0.05) is 5.92 Å². The fourth-order valence-electron chi connectivity index (χ4n) is 2.25. The quantitative estimate of drug-likeness (QED) is 0.818. The molecule has 2 N–H and O–H groups in total. The molecule has 0 bridgehead atoms. The van der Waals surface area contributed by atoms with E-state index in [0.717, 1.165) is 12.8 Å². The summed E-state index contributed by atoms with van der Waals surface area (Å²) in [5.41, 5.74) is 5.36. The molecule has 1 aliphatic rings. The first kappa shape index (κ1) is 16.3. The molecule has 1 aliphatic heterocycles. The Kier molecular flexibility index (Phi) is 5.06. The van der Waals surface area contributed by atoms with Crippen LogP contribution in [0.4, 0.5) is 0 Å². The summed E-state index contributed by atoms with van der Waals surface area (Å²) in [6, 6.07) is 4.14. The third-order valence-corrected chi connectivity index (χ3v) is 5.29. The summed E-state index contributed by atoms with van der Waals surface area (Å²) in [5, 5.41) is 0. The molecule has 0 radical (unpaired) electrons. The zero-order valence-corrected chi connectivity index (χ0v) is 13.1. The van der Waals surface area contributed by atoms with E-state index in [1.807, 2.05) is 0 Å². The Bertz CT molecular complexity index is 726. The van der Waals surface area contributed by atoms with Gasteiger partial charge in [-0.15, -0.1) is 5.92 Å². The van der Waals surface area contributed by atoms with Gasteiger partial charge in [0.25, 0.3) is 5.91 Å². The van der Waals surface area contributed by atoms with Crippen molar-refractivity contribution in [2.75, 3.05) is 19.7 Å². The number of nitrogens with two attached hydrogens (primary N) is 1. The number of rotatable bonds is 5. The van der Waals surface area contributed by atoms with Crippen LogP contribution in [0.1, 0.15) is 30.1 Å². The highest BCUT2D eigenvalue weighted by Gasteiger charge is 2.28. The van der Waals surface area contributed by atoms with Crippen molar-refractivity contribution in [3.8, 4) is 17.6 Å². The predicted molar refractivity (Wildman–Crippen MR) is 81.9 cm³/mol. The first-order chi connectivity index (χ1) is 10.5. The molecule has 0 aromatic heterocycles. The Balaban J connectivity index is 2.35. The number of benzene rings is 1. The van der Waals surface area contributed by atoms with Crippen LogP contribution >= 0.6 is 0 Å². The van der Waals surface area contributed by atoms with Gasteiger partial charge in [-0.2, -0.15) is 4.31 Å². The minimum Gasteiger partial charge on any atom is -0.480 e. The summed E-state index contributed by atoms with van der Waals surface area (Å²) in [6.45, 7) is 2.77. The highest BCUT2D eigenvalue weighted by Crippen LogP contribution is 2.26. The van der Waals surface area contributed by atoms with Gasteiger partial charge in [0, 0.05) is 13.1 Å². The molecule has 2 rings (SSSR count). The number of amides is 1. The maximum absolute atomic E-state index is 12.5. The van der Waals surface area contributed by atoms with Crippen molar-refractivity contribution in [2.24, 2.45) is 5.73 Å². The second-order valence-electron chi connectivity index (χ2n) is 4.85. The summed E-state index contributed by atoms with van der Waals surface area (Å²) < 4.78 is 31.7. The fourth-order valence-corrected chi connectivity index (χ4v) is 3.80. The van der Waals surface area contributed by atoms with E-state index in [9.17, 15) is 13.2 Å². The molecule has 1 heterocycles. The summed E-state index contributed by atoms with van der Waals surface area (Å²) in [7, 11) is -3.59. The van der Waals surface area contributed by atoms with E-state index >= 15 is 0 Å². The van der Waals surface area contributed by atoms with E-state index in [0.29, 0.717) is 13.1 Å². The molecular weight excluding hydrogens is 304 g/mol. The van der Waals surface area contributed by atoms with Gasteiger partial charge in [-0.25, -0.2) is 8.42 Å². The van der Waals surface area contributed by atoms with Gasteiger partial charge >= 0.3 is 0 Å². The number of hydrogen-bond acceptors (Lipinski definition) is 4. The van der Waals surface area contributed by atoms with Crippen LogP contribution in [0.5, 0.6) is 5.75 Å². The first-order valence-electron chi connectivity index (χ1n) is 6.93. The average Bonchev–Trinajstić information content (AvgIpc) is 3.02. The van der Waals surface area contributed by atoms with E-state index in [2.05, 4.69) is 11.8 Å². The van der Waals surface area contributed by atoms with E-state index in [-0.39, 0.29) is 22.8 Å². The molecular formula is C15H18N2O4S. The molecule has 22 heavy (non-hydrogen) atoms. The standard InChI is InChI=1S/C15H18N2O4S/c1-2-3-10-21-14-7-6-12(11-13(14)15(16)18)22(19,20)17-8-4-5-9-17/h6-7,11H,4-5,8-10H2,1H3,(H2,16,18). The van der Waals surface area contributed by atoms with Crippen molar-refractivity contribution < 1.29 is 17.9 Å². The Morgan fingerprint density at radius 1 is 1.36 bits per heavy atom. The van der Waals surface area contributed by atoms with Crippen molar-refractivity contribution >= 4 is 15.9 Å². The van der Waals surface area contributed by atoms with Crippen LogP contribution in [0, 0.1) is 11.8 Å². The van der Waals surface area contributed by atoms with E-state index < -0.39 is 15.9 Å². The van der Waals surface area contributed by atoms with Crippen LogP contribution in [0.25, 0.3) is 0 Å². The minimum atomic E-state index is -3.59. The van der Waals surface area contributed by atoms with Crippen LogP contribution < -0.4 is 10.5 Å². The van der Waals surface area contributed by atoms with Crippen LogP contribution in [-0.4, -0.2) is 38.3 Å². The third kappa shape index (κ3) is 3.40. The molecule has 0 spiro atoms. The highest BCUT2D eigenvalue weighted by molar-refractivity contribution is 7.89. The SMILES string of the molecule is CC#CCOc1ccc(S(=O)(=O)N2CCCC2)cc1C(N)=O. The number of sulfonamides is 1. The molecule has 118 valence electrons. The van der Waals surface area contributed by atoms with E-state index in [1.54, 1.807) is 6.92 Å². The first-order valence-corrected chi connectivity index (χ1v) is 8.37.